The number of halogens is 3. The van der Waals surface area contributed by atoms with Gasteiger partial charge in [-0.3, -0.25) is 0 Å². The molecule has 0 aromatic heterocycles. The molecule has 0 heterocycles. The van der Waals surface area contributed by atoms with Gasteiger partial charge in [0, 0.05) is 17.3 Å². The van der Waals surface area contributed by atoms with Gasteiger partial charge in [-0.25, -0.2) is 0 Å². The normalized spacial score (nSPS) is 11.2. The third-order valence-corrected chi connectivity index (χ3v) is 2.93. The van der Waals surface area contributed by atoms with Crippen LogP contribution < -0.4 is 15.2 Å². The third-order valence-electron chi connectivity index (χ3n) is 2.93. The van der Waals surface area contributed by atoms with Crippen molar-refractivity contribution in [1.29, 1.82) is 0 Å². The molecule has 6 heteroatoms. The van der Waals surface area contributed by atoms with E-state index in [1.54, 1.807) is 18.2 Å². The molecule has 0 spiro atoms. The lowest BCUT2D eigenvalue weighted by Gasteiger charge is -2.11. The number of alkyl halides is 3. The molecule has 3 nitrogen and oxygen atoms in total. The van der Waals surface area contributed by atoms with E-state index in [4.69, 9.17) is 15.2 Å². The minimum atomic E-state index is -4.35. The molecule has 2 aromatic carbocycles. The predicted octanol–water partition coefficient (Wildman–Crippen LogP) is 3.88. The number of hydrogen-bond acceptors (Lipinski definition) is 3. The number of nitrogens with two attached hydrogens (primary N) is 1. The van der Waals surface area contributed by atoms with Gasteiger partial charge in [-0.15, -0.1) is 0 Å². The molecule has 0 saturated carbocycles. The Morgan fingerprint density at radius 3 is 2.14 bits per heavy atom. The van der Waals surface area contributed by atoms with E-state index < -0.39 is 11.7 Å². The summed E-state index contributed by atoms with van der Waals surface area (Å²) in [4.78, 5) is 0. The highest BCUT2D eigenvalue weighted by Crippen LogP contribution is 2.30. The number of methoxy groups -OCH3 is 1. The van der Waals surface area contributed by atoms with Gasteiger partial charge in [0.25, 0.3) is 0 Å². The molecule has 2 rings (SSSR count). The molecule has 21 heavy (non-hydrogen) atoms. The minimum Gasteiger partial charge on any atom is -0.497 e. The van der Waals surface area contributed by atoms with E-state index in [2.05, 4.69) is 0 Å². The smallest absolute Gasteiger partial charge is 0.416 e. The maximum atomic E-state index is 12.4. The van der Waals surface area contributed by atoms with Crippen LogP contribution in [-0.4, -0.2) is 7.11 Å². The van der Waals surface area contributed by atoms with E-state index in [9.17, 15) is 13.2 Å². The molecule has 0 unspecified atom stereocenters. The summed E-state index contributed by atoms with van der Waals surface area (Å²) in [5, 5.41) is 0. The quantitative estimate of drug-likeness (QED) is 0.871. The van der Waals surface area contributed by atoms with Crippen LogP contribution >= 0.6 is 0 Å². The maximum Gasteiger partial charge on any atom is 0.416 e. The summed E-state index contributed by atoms with van der Waals surface area (Å²) in [5.41, 5.74) is 6.36. The largest absolute Gasteiger partial charge is 0.497 e. The van der Waals surface area contributed by atoms with Gasteiger partial charge < -0.3 is 15.2 Å². The first kappa shape index (κ1) is 15.0. The van der Waals surface area contributed by atoms with Gasteiger partial charge >= 0.3 is 6.18 Å². The fraction of sp³-hybridized carbons (Fsp3) is 0.200. The molecule has 0 atom stereocenters. The van der Waals surface area contributed by atoms with Crippen LogP contribution in [-0.2, 0) is 12.8 Å². The molecule has 0 fully saturated rings. The van der Waals surface area contributed by atoms with E-state index in [0.717, 1.165) is 17.7 Å². The van der Waals surface area contributed by atoms with Crippen molar-refractivity contribution in [2.75, 3.05) is 12.8 Å². The second kappa shape index (κ2) is 5.95. The van der Waals surface area contributed by atoms with Gasteiger partial charge in [0.2, 0.25) is 0 Å². The highest BCUT2D eigenvalue weighted by molar-refractivity contribution is 5.51. The first-order valence-electron chi connectivity index (χ1n) is 6.12. The molecule has 0 aliphatic heterocycles. The Balaban J connectivity index is 2.03. The Kier molecular flexibility index (Phi) is 4.26. The number of hydrogen-bond donors (Lipinski definition) is 1. The molecule has 0 amide bonds. The average Bonchev–Trinajstić information content (AvgIpc) is 2.45. The van der Waals surface area contributed by atoms with Gasteiger partial charge in [0.15, 0.2) is 0 Å². The lowest BCUT2D eigenvalue weighted by atomic mass is 10.2. The van der Waals surface area contributed by atoms with Crippen molar-refractivity contribution < 1.29 is 22.6 Å². The summed E-state index contributed by atoms with van der Waals surface area (Å²) in [6.07, 6.45) is -4.35. The van der Waals surface area contributed by atoms with Gasteiger partial charge in [-0.2, -0.15) is 13.2 Å². The fourth-order valence-corrected chi connectivity index (χ4v) is 1.73. The van der Waals surface area contributed by atoms with E-state index in [0.29, 0.717) is 17.2 Å². The molecule has 0 bridgehead atoms. The minimum absolute atomic E-state index is 0.168. The van der Waals surface area contributed by atoms with Gasteiger partial charge in [-0.1, -0.05) is 0 Å². The lowest BCUT2D eigenvalue weighted by molar-refractivity contribution is -0.137. The summed E-state index contributed by atoms with van der Waals surface area (Å²) in [7, 11) is 1.53. The van der Waals surface area contributed by atoms with Crippen molar-refractivity contribution in [3.8, 4) is 11.5 Å². The van der Waals surface area contributed by atoms with Crippen LogP contribution in [0, 0.1) is 0 Å². The maximum absolute atomic E-state index is 12.4. The highest BCUT2D eigenvalue weighted by atomic mass is 19.4. The SMILES string of the molecule is COc1ccc(COc2ccc(C(F)(F)F)cc2)c(N)c1. The van der Waals surface area contributed by atoms with Crippen molar-refractivity contribution in [2.24, 2.45) is 0 Å². The van der Waals surface area contributed by atoms with Gasteiger partial charge in [-0.05, 0) is 36.4 Å². The van der Waals surface area contributed by atoms with Crippen molar-refractivity contribution in [3.05, 3.63) is 53.6 Å². The molecule has 2 aromatic rings. The van der Waals surface area contributed by atoms with Crippen LogP contribution in [0.5, 0.6) is 11.5 Å². The number of ether oxygens (including phenoxy) is 2. The number of rotatable bonds is 4. The predicted molar refractivity (Wildman–Crippen MR) is 73.2 cm³/mol. The lowest BCUT2D eigenvalue weighted by Crippen LogP contribution is -2.05. The zero-order chi connectivity index (χ0) is 15.5. The summed E-state index contributed by atoms with van der Waals surface area (Å²) < 4.78 is 47.7. The van der Waals surface area contributed by atoms with Crippen LogP contribution in [0.1, 0.15) is 11.1 Å². The molecule has 0 aliphatic rings. The average molecular weight is 297 g/mol. The molecule has 0 saturated heterocycles. The summed E-state index contributed by atoms with van der Waals surface area (Å²) in [6, 6.07) is 9.66. The Labute approximate surface area is 120 Å². The van der Waals surface area contributed by atoms with E-state index >= 15 is 0 Å². The van der Waals surface area contributed by atoms with Crippen molar-refractivity contribution >= 4 is 5.69 Å². The van der Waals surface area contributed by atoms with Crippen LogP contribution in [0.3, 0.4) is 0 Å². The number of benzene rings is 2. The van der Waals surface area contributed by atoms with Crippen LogP contribution in [0.4, 0.5) is 18.9 Å². The second-order valence-electron chi connectivity index (χ2n) is 4.38. The number of nitrogen functional groups attached to an aromatic ring is 1. The topological polar surface area (TPSA) is 44.5 Å². The molecule has 0 aliphatic carbocycles. The fourth-order valence-electron chi connectivity index (χ4n) is 1.73. The van der Waals surface area contributed by atoms with E-state index in [-0.39, 0.29) is 6.61 Å². The van der Waals surface area contributed by atoms with Crippen molar-refractivity contribution in [3.63, 3.8) is 0 Å². The third kappa shape index (κ3) is 3.81. The monoisotopic (exact) mass is 297 g/mol. The summed E-state index contributed by atoms with van der Waals surface area (Å²) in [6.45, 7) is 0.168. The molecule has 0 radical (unpaired) electrons. The Morgan fingerprint density at radius 1 is 1.00 bits per heavy atom. The van der Waals surface area contributed by atoms with Crippen LogP contribution in [0.2, 0.25) is 0 Å². The molecule has 112 valence electrons. The first-order chi connectivity index (χ1) is 9.90. The standard InChI is InChI=1S/C15H14F3NO2/c1-20-13-5-2-10(14(19)8-13)9-21-12-6-3-11(4-7-12)15(16,17)18/h2-8H,9,19H2,1H3. The second-order valence-corrected chi connectivity index (χ2v) is 4.38. The first-order valence-corrected chi connectivity index (χ1v) is 6.12. The van der Waals surface area contributed by atoms with E-state index in [1.807, 2.05) is 0 Å². The Morgan fingerprint density at radius 2 is 1.62 bits per heavy atom. The van der Waals surface area contributed by atoms with Crippen molar-refractivity contribution in [1.82, 2.24) is 0 Å². The number of anilines is 1. The molecular formula is C15H14F3NO2. The van der Waals surface area contributed by atoms with Crippen LogP contribution in [0.15, 0.2) is 42.5 Å². The Bertz CT molecular complexity index is 609. The van der Waals surface area contributed by atoms with Gasteiger partial charge in [0.1, 0.15) is 18.1 Å². The Hall–Kier alpha value is -2.37. The molecule has 2 N–H and O–H groups in total. The summed E-state index contributed by atoms with van der Waals surface area (Å²) in [5.74, 6) is 0.976. The summed E-state index contributed by atoms with van der Waals surface area (Å²) >= 11 is 0. The van der Waals surface area contributed by atoms with Gasteiger partial charge in [0.05, 0.1) is 12.7 Å². The molecular weight excluding hydrogens is 283 g/mol. The highest BCUT2D eigenvalue weighted by Gasteiger charge is 2.29. The van der Waals surface area contributed by atoms with Crippen LogP contribution in [0.25, 0.3) is 0 Å². The zero-order valence-electron chi connectivity index (χ0n) is 11.3. The van der Waals surface area contributed by atoms with E-state index in [1.165, 1.54) is 19.2 Å². The zero-order valence-corrected chi connectivity index (χ0v) is 11.3. The van der Waals surface area contributed by atoms with Crippen molar-refractivity contribution in [2.45, 2.75) is 12.8 Å².